The van der Waals surface area contributed by atoms with Gasteiger partial charge in [0, 0.05) is 24.6 Å². The normalized spacial score (nSPS) is 15.7. The lowest BCUT2D eigenvalue weighted by Crippen LogP contribution is -2.36. The molecule has 7 heteroatoms. The van der Waals surface area contributed by atoms with Crippen molar-refractivity contribution in [1.29, 1.82) is 0 Å². The molecule has 0 saturated heterocycles. The van der Waals surface area contributed by atoms with Crippen molar-refractivity contribution in [1.82, 2.24) is 29.8 Å². The van der Waals surface area contributed by atoms with Crippen molar-refractivity contribution < 1.29 is 4.79 Å². The van der Waals surface area contributed by atoms with Crippen molar-refractivity contribution in [3.8, 4) is 5.95 Å². The highest BCUT2D eigenvalue weighted by Crippen LogP contribution is 2.20. The number of carbonyl (C=O) groups is 1. The third-order valence-electron chi connectivity index (χ3n) is 4.59. The molecule has 24 heavy (non-hydrogen) atoms. The summed E-state index contributed by atoms with van der Waals surface area (Å²) in [5, 5.41) is 3.13. The maximum atomic E-state index is 12.8. The van der Waals surface area contributed by atoms with Gasteiger partial charge in [0.15, 0.2) is 5.69 Å². The molecule has 2 N–H and O–H groups in total. The number of amides is 1. The van der Waals surface area contributed by atoms with Crippen LogP contribution in [0.5, 0.6) is 0 Å². The summed E-state index contributed by atoms with van der Waals surface area (Å²) >= 11 is 0. The van der Waals surface area contributed by atoms with Crippen molar-refractivity contribution in [2.24, 2.45) is 0 Å². The molecule has 1 aliphatic carbocycles. The summed E-state index contributed by atoms with van der Waals surface area (Å²) in [6, 6.07) is 2.09. The van der Waals surface area contributed by atoms with E-state index in [4.69, 9.17) is 0 Å². The quantitative estimate of drug-likeness (QED) is 0.775. The van der Waals surface area contributed by atoms with Crippen LogP contribution in [0.3, 0.4) is 0 Å². The second-order valence-electron chi connectivity index (χ2n) is 6.26. The van der Waals surface area contributed by atoms with Crippen LogP contribution < -0.4 is 5.32 Å². The number of rotatable bonds is 3. The molecule has 1 saturated carbocycles. The summed E-state index contributed by atoms with van der Waals surface area (Å²) < 4.78 is 1.78. The number of nitrogens with zero attached hydrogens (tertiary/aromatic N) is 4. The van der Waals surface area contributed by atoms with Crippen LogP contribution in [0.1, 0.15) is 48.4 Å². The molecule has 1 fully saturated rings. The Morgan fingerprint density at radius 2 is 2.12 bits per heavy atom. The van der Waals surface area contributed by atoms with Crippen LogP contribution in [0.2, 0.25) is 0 Å². The van der Waals surface area contributed by atoms with Gasteiger partial charge in [0.1, 0.15) is 5.82 Å². The van der Waals surface area contributed by atoms with Crippen molar-refractivity contribution in [3.63, 3.8) is 0 Å². The van der Waals surface area contributed by atoms with Crippen molar-refractivity contribution in [3.05, 3.63) is 36.2 Å². The van der Waals surface area contributed by atoms with E-state index in [1.54, 1.807) is 23.2 Å². The number of fused-ring (bicyclic) bond motifs is 1. The number of hydrogen-bond donors (Lipinski definition) is 2. The smallest absolute Gasteiger partial charge is 0.272 e. The largest absolute Gasteiger partial charge is 0.358 e. The predicted molar refractivity (Wildman–Crippen MR) is 90.1 cm³/mol. The highest BCUT2D eigenvalue weighted by molar-refractivity contribution is 6.03. The first-order valence-corrected chi connectivity index (χ1v) is 8.38. The van der Waals surface area contributed by atoms with Crippen molar-refractivity contribution in [2.45, 2.75) is 45.1 Å². The number of aromatic nitrogens is 5. The number of hydrogen-bond acceptors (Lipinski definition) is 4. The Bertz CT molecular complexity index is 874. The highest BCUT2D eigenvalue weighted by atomic mass is 16.2. The van der Waals surface area contributed by atoms with Crippen LogP contribution in [0.4, 0.5) is 0 Å². The van der Waals surface area contributed by atoms with Gasteiger partial charge in [-0.15, -0.1) is 0 Å². The van der Waals surface area contributed by atoms with Gasteiger partial charge < -0.3 is 10.3 Å². The van der Waals surface area contributed by atoms with E-state index >= 15 is 0 Å². The third-order valence-corrected chi connectivity index (χ3v) is 4.59. The molecule has 1 aliphatic rings. The topological polar surface area (TPSA) is 88.5 Å². The Balaban J connectivity index is 1.72. The maximum Gasteiger partial charge on any atom is 0.272 e. The van der Waals surface area contributed by atoms with Gasteiger partial charge in [-0.1, -0.05) is 19.3 Å². The fraction of sp³-hybridized carbons (Fsp3) is 0.412. The lowest BCUT2D eigenvalue weighted by Gasteiger charge is -2.22. The van der Waals surface area contributed by atoms with E-state index in [1.165, 1.54) is 19.3 Å². The lowest BCUT2D eigenvalue weighted by molar-refractivity contribution is 0.0924. The van der Waals surface area contributed by atoms with Gasteiger partial charge in [-0.05, 0) is 25.8 Å². The number of nitrogens with one attached hydrogen (secondary N) is 2. The lowest BCUT2D eigenvalue weighted by atomic mass is 9.95. The van der Waals surface area contributed by atoms with Crippen LogP contribution in [0.25, 0.3) is 17.0 Å². The minimum absolute atomic E-state index is 0.143. The molecule has 0 unspecified atom stereocenters. The summed E-state index contributed by atoms with van der Waals surface area (Å²) in [6.45, 7) is 1.88. The number of carbonyl (C=O) groups excluding carboxylic acids is 1. The molecule has 0 radical (unpaired) electrons. The molecule has 3 heterocycles. The van der Waals surface area contributed by atoms with Crippen LogP contribution in [-0.2, 0) is 0 Å². The van der Waals surface area contributed by atoms with Gasteiger partial charge in [-0.25, -0.2) is 15.0 Å². The molecular formula is C17H20N6O. The molecule has 1 amide bonds. The van der Waals surface area contributed by atoms with E-state index in [9.17, 15) is 4.79 Å². The minimum atomic E-state index is -0.143. The van der Waals surface area contributed by atoms with E-state index in [-0.39, 0.29) is 11.9 Å². The molecular weight excluding hydrogens is 304 g/mol. The van der Waals surface area contributed by atoms with Gasteiger partial charge in [0.25, 0.3) is 5.91 Å². The Morgan fingerprint density at radius 3 is 2.88 bits per heavy atom. The number of imidazole rings is 1. The second kappa shape index (κ2) is 6.07. The van der Waals surface area contributed by atoms with Crippen LogP contribution >= 0.6 is 0 Å². The molecule has 0 bridgehead atoms. The fourth-order valence-corrected chi connectivity index (χ4v) is 3.29. The van der Waals surface area contributed by atoms with E-state index in [0.29, 0.717) is 17.2 Å². The molecule has 0 aliphatic heterocycles. The van der Waals surface area contributed by atoms with E-state index in [2.05, 4.69) is 25.3 Å². The summed E-state index contributed by atoms with van der Waals surface area (Å²) in [5.41, 5.74) is 1.78. The predicted octanol–water partition coefficient (Wildman–Crippen LogP) is 2.51. The zero-order chi connectivity index (χ0) is 16.5. The van der Waals surface area contributed by atoms with Gasteiger partial charge in [0.05, 0.1) is 11.0 Å². The fourth-order valence-electron chi connectivity index (χ4n) is 3.29. The van der Waals surface area contributed by atoms with Crippen LogP contribution in [-0.4, -0.2) is 36.5 Å². The zero-order valence-electron chi connectivity index (χ0n) is 13.6. The van der Waals surface area contributed by atoms with E-state index in [0.717, 1.165) is 24.2 Å². The van der Waals surface area contributed by atoms with Gasteiger partial charge in [-0.3, -0.25) is 9.36 Å². The highest BCUT2D eigenvalue weighted by Gasteiger charge is 2.21. The summed E-state index contributed by atoms with van der Waals surface area (Å²) in [5.74, 6) is 1.10. The third kappa shape index (κ3) is 2.66. The summed E-state index contributed by atoms with van der Waals surface area (Å²) in [6.07, 6.45) is 11.0. The van der Waals surface area contributed by atoms with Crippen molar-refractivity contribution in [2.75, 3.05) is 0 Å². The Labute approximate surface area is 139 Å². The molecule has 3 aromatic rings. The molecule has 4 rings (SSSR count). The summed E-state index contributed by atoms with van der Waals surface area (Å²) in [7, 11) is 0. The number of aromatic amines is 1. The first-order valence-electron chi connectivity index (χ1n) is 8.38. The number of aryl methyl sites for hydroxylation is 1. The molecule has 3 aromatic heterocycles. The average Bonchev–Trinajstić information content (AvgIpc) is 3.23. The molecule has 0 atom stereocenters. The van der Waals surface area contributed by atoms with Gasteiger partial charge in [0.2, 0.25) is 5.95 Å². The first kappa shape index (κ1) is 14.9. The standard InChI is InChI=1S/C17H20N6O/c1-11-18-9-10-23(11)17-21-13-7-8-19-14(13)15(22-17)16(24)20-12-5-3-2-4-6-12/h7-10,12,19H,2-6H2,1H3,(H,20,24). The Hall–Kier alpha value is -2.70. The molecule has 7 nitrogen and oxygen atoms in total. The van der Waals surface area contributed by atoms with Crippen molar-refractivity contribution >= 4 is 16.9 Å². The Kier molecular flexibility index (Phi) is 3.76. The molecule has 124 valence electrons. The maximum absolute atomic E-state index is 12.8. The van der Waals surface area contributed by atoms with Crippen LogP contribution in [0.15, 0.2) is 24.7 Å². The van der Waals surface area contributed by atoms with E-state index in [1.807, 2.05) is 13.0 Å². The number of H-pyrrole nitrogens is 1. The average molecular weight is 324 g/mol. The SMILES string of the molecule is Cc1nccn1-c1nc(C(=O)NC2CCCCC2)c2[nH]ccc2n1. The minimum Gasteiger partial charge on any atom is -0.358 e. The molecule has 0 aromatic carbocycles. The Morgan fingerprint density at radius 1 is 1.29 bits per heavy atom. The zero-order valence-corrected chi connectivity index (χ0v) is 13.6. The van der Waals surface area contributed by atoms with Crippen LogP contribution in [0, 0.1) is 6.92 Å². The summed E-state index contributed by atoms with van der Waals surface area (Å²) in [4.78, 5) is 29.1. The molecule has 0 spiro atoms. The van der Waals surface area contributed by atoms with Gasteiger partial charge in [-0.2, -0.15) is 0 Å². The second-order valence-corrected chi connectivity index (χ2v) is 6.26. The first-order chi connectivity index (χ1) is 11.7. The van der Waals surface area contributed by atoms with Gasteiger partial charge >= 0.3 is 0 Å². The van der Waals surface area contributed by atoms with E-state index < -0.39 is 0 Å². The monoisotopic (exact) mass is 324 g/mol.